The van der Waals surface area contributed by atoms with Crippen molar-refractivity contribution in [2.75, 3.05) is 11.9 Å². The number of hydrogen-bond donors (Lipinski definition) is 4. The summed E-state index contributed by atoms with van der Waals surface area (Å²) >= 11 is 0. The van der Waals surface area contributed by atoms with Crippen LogP contribution in [0.3, 0.4) is 0 Å². The molecule has 0 saturated heterocycles. The Bertz CT molecular complexity index is 1290. The standard InChI is InChI=1S/C23H23FN4O2/c1-12-4-6-18(24)22-21(12)17(13(2)26-22)8-9-25-23(30)20-11-15-10-16(27-14(3)29)5-7-19(15)28-20/h4-7,10-11,26,28H,8-9H2,1-3H3,(H,25,30)(H,27,29). The number of anilines is 1. The molecule has 7 heteroatoms. The Hall–Kier alpha value is -3.61. The van der Waals surface area contributed by atoms with Gasteiger partial charge in [-0.05, 0) is 61.7 Å². The molecule has 0 saturated carbocycles. The van der Waals surface area contributed by atoms with Crippen molar-refractivity contribution < 1.29 is 14.0 Å². The first-order valence-corrected chi connectivity index (χ1v) is 9.78. The van der Waals surface area contributed by atoms with Gasteiger partial charge >= 0.3 is 0 Å². The molecule has 0 spiro atoms. The van der Waals surface area contributed by atoms with E-state index < -0.39 is 0 Å². The van der Waals surface area contributed by atoms with E-state index in [0.717, 1.165) is 33.1 Å². The van der Waals surface area contributed by atoms with E-state index >= 15 is 0 Å². The van der Waals surface area contributed by atoms with Crippen LogP contribution in [0.5, 0.6) is 0 Å². The van der Waals surface area contributed by atoms with Gasteiger partial charge in [-0.25, -0.2) is 4.39 Å². The van der Waals surface area contributed by atoms with Gasteiger partial charge in [0.1, 0.15) is 11.5 Å². The molecule has 4 rings (SSSR count). The number of aromatic amines is 2. The highest BCUT2D eigenvalue weighted by atomic mass is 19.1. The highest BCUT2D eigenvalue weighted by Crippen LogP contribution is 2.28. The predicted octanol–water partition coefficient (Wildman–Crippen LogP) is 4.34. The number of amides is 2. The Morgan fingerprint density at radius 2 is 1.87 bits per heavy atom. The van der Waals surface area contributed by atoms with Gasteiger partial charge in [0.2, 0.25) is 5.91 Å². The van der Waals surface area contributed by atoms with Gasteiger partial charge in [-0.1, -0.05) is 6.07 Å². The second kappa shape index (κ2) is 7.67. The van der Waals surface area contributed by atoms with Crippen LogP contribution >= 0.6 is 0 Å². The van der Waals surface area contributed by atoms with Gasteiger partial charge in [-0.2, -0.15) is 0 Å². The van der Waals surface area contributed by atoms with Crippen molar-refractivity contribution >= 4 is 39.3 Å². The van der Waals surface area contributed by atoms with Crippen molar-refractivity contribution in [3.05, 3.63) is 64.7 Å². The molecule has 0 radical (unpaired) electrons. The maximum absolute atomic E-state index is 14.1. The molecule has 0 aliphatic heterocycles. The smallest absolute Gasteiger partial charge is 0.267 e. The zero-order valence-corrected chi connectivity index (χ0v) is 17.1. The summed E-state index contributed by atoms with van der Waals surface area (Å²) in [5, 5.41) is 7.38. The van der Waals surface area contributed by atoms with Crippen LogP contribution in [0.25, 0.3) is 21.8 Å². The topological polar surface area (TPSA) is 89.8 Å². The van der Waals surface area contributed by atoms with Crippen molar-refractivity contribution in [1.82, 2.24) is 15.3 Å². The Morgan fingerprint density at radius 1 is 1.07 bits per heavy atom. The number of aromatic nitrogens is 2. The highest BCUT2D eigenvalue weighted by Gasteiger charge is 2.15. The zero-order chi connectivity index (χ0) is 21.4. The Labute approximate surface area is 172 Å². The third-order valence-electron chi connectivity index (χ3n) is 5.28. The summed E-state index contributed by atoms with van der Waals surface area (Å²) in [5.74, 6) is -0.635. The number of hydrogen-bond acceptors (Lipinski definition) is 2. The van der Waals surface area contributed by atoms with E-state index in [9.17, 15) is 14.0 Å². The summed E-state index contributed by atoms with van der Waals surface area (Å²) in [6.07, 6.45) is 0.592. The van der Waals surface area contributed by atoms with E-state index in [-0.39, 0.29) is 17.6 Å². The molecule has 0 atom stereocenters. The lowest BCUT2D eigenvalue weighted by molar-refractivity contribution is -0.114. The number of halogens is 1. The third kappa shape index (κ3) is 3.66. The summed E-state index contributed by atoms with van der Waals surface area (Å²) in [6.45, 7) is 5.75. The molecule has 6 nitrogen and oxygen atoms in total. The number of carbonyl (C=O) groups excluding carboxylic acids is 2. The average Bonchev–Trinajstić information content (AvgIpc) is 3.26. The van der Waals surface area contributed by atoms with E-state index in [1.807, 2.05) is 26.0 Å². The van der Waals surface area contributed by atoms with Crippen LogP contribution in [-0.4, -0.2) is 28.3 Å². The highest BCUT2D eigenvalue weighted by molar-refractivity contribution is 5.99. The van der Waals surface area contributed by atoms with Crippen molar-refractivity contribution in [3.63, 3.8) is 0 Å². The number of rotatable bonds is 5. The number of benzene rings is 2. The molecule has 0 fully saturated rings. The average molecular weight is 406 g/mol. The van der Waals surface area contributed by atoms with Crippen molar-refractivity contribution in [2.45, 2.75) is 27.2 Å². The van der Waals surface area contributed by atoms with Crippen LogP contribution in [-0.2, 0) is 11.2 Å². The molecular formula is C23H23FN4O2. The summed E-state index contributed by atoms with van der Waals surface area (Å²) in [5.41, 5.74) is 5.37. The fourth-order valence-corrected chi connectivity index (χ4v) is 3.89. The van der Waals surface area contributed by atoms with Crippen LogP contribution in [0.1, 0.15) is 34.2 Å². The van der Waals surface area contributed by atoms with Crippen molar-refractivity contribution in [3.8, 4) is 0 Å². The van der Waals surface area contributed by atoms with Crippen LogP contribution in [0.2, 0.25) is 0 Å². The van der Waals surface area contributed by atoms with Crippen LogP contribution in [0.4, 0.5) is 10.1 Å². The van der Waals surface area contributed by atoms with Crippen LogP contribution < -0.4 is 10.6 Å². The molecule has 2 aromatic carbocycles. The van der Waals surface area contributed by atoms with Gasteiger partial charge in [0.05, 0.1) is 5.52 Å². The van der Waals surface area contributed by atoms with Crippen LogP contribution in [0, 0.1) is 19.7 Å². The first-order chi connectivity index (χ1) is 14.3. The van der Waals surface area contributed by atoms with E-state index in [1.54, 1.807) is 18.2 Å². The summed E-state index contributed by atoms with van der Waals surface area (Å²) < 4.78 is 14.1. The third-order valence-corrected chi connectivity index (χ3v) is 5.28. The van der Waals surface area contributed by atoms with Gasteiger partial charge in [0.25, 0.3) is 5.91 Å². The second-order valence-corrected chi connectivity index (χ2v) is 7.51. The number of H-pyrrole nitrogens is 2. The van der Waals surface area contributed by atoms with Gasteiger partial charge < -0.3 is 20.6 Å². The molecule has 2 heterocycles. The lowest BCUT2D eigenvalue weighted by Gasteiger charge is -2.06. The van der Waals surface area contributed by atoms with E-state index in [2.05, 4.69) is 20.6 Å². The minimum Gasteiger partial charge on any atom is -0.356 e. The number of nitrogens with one attached hydrogen (secondary N) is 4. The Kier molecular flexibility index (Phi) is 5.03. The van der Waals surface area contributed by atoms with Gasteiger partial charge in [0, 0.05) is 41.1 Å². The Morgan fingerprint density at radius 3 is 2.63 bits per heavy atom. The minimum absolute atomic E-state index is 0.148. The molecule has 0 bridgehead atoms. The molecule has 0 aliphatic carbocycles. The molecule has 2 aromatic heterocycles. The molecule has 2 amide bonds. The fourth-order valence-electron chi connectivity index (χ4n) is 3.89. The summed E-state index contributed by atoms with van der Waals surface area (Å²) in [6, 6.07) is 10.4. The SMILES string of the molecule is CC(=O)Nc1ccc2[nH]c(C(=O)NCCc3c(C)[nH]c4c(F)ccc(C)c34)cc2c1. The van der Waals surface area contributed by atoms with Crippen molar-refractivity contribution in [2.24, 2.45) is 0 Å². The fraction of sp³-hybridized carbons (Fsp3) is 0.217. The summed E-state index contributed by atoms with van der Waals surface area (Å²) in [4.78, 5) is 30.0. The monoisotopic (exact) mass is 406 g/mol. The molecule has 0 aliphatic rings. The van der Waals surface area contributed by atoms with E-state index in [4.69, 9.17) is 0 Å². The second-order valence-electron chi connectivity index (χ2n) is 7.51. The predicted molar refractivity (Wildman–Crippen MR) is 116 cm³/mol. The largest absolute Gasteiger partial charge is 0.356 e. The maximum Gasteiger partial charge on any atom is 0.267 e. The maximum atomic E-state index is 14.1. The summed E-state index contributed by atoms with van der Waals surface area (Å²) in [7, 11) is 0. The van der Waals surface area contributed by atoms with Gasteiger partial charge in [0.15, 0.2) is 0 Å². The number of aryl methyl sites for hydroxylation is 2. The van der Waals surface area contributed by atoms with E-state index in [1.165, 1.54) is 13.0 Å². The zero-order valence-electron chi connectivity index (χ0n) is 17.1. The Balaban J connectivity index is 1.48. The van der Waals surface area contributed by atoms with Crippen LogP contribution in [0.15, 0.2) is 36.4 Å². The van der Waals surface area contributed by atoms with Gasteiger partial charge in [-0.15, -0.1) is 0 Å². The number of fused-ring (bicyclic) bond motifs is 2. The molecule has 154 valence electrons. The lowest BCUT2D eigenvalue weighted by Crippen LogP contribution is -2.26. The lowest BCUT2D eigenvalue weighted by atomic mass is 10.0. The first-order valence-electron chi connectivity index (χ1n) is 9.78. The molecule has 0 unspecified atom stereocenters. The minimum atomic E-state index is -0.273. The molecule has 30 heavy (non-hydrogen) atoms. The quantitative estimate of drug-likeness (QED) is 0.397. The number of carbonyl (C=O) groups is 2. The van der Waals surface area contributed by atoms with Crippen molar-refractivity contribution in [1.29, 1.82) is 0 Å². The molecule has 4 N–H and O–H groups in total. The first kappa shape index (κ1) is 19.7. The molecule has 4 aromatic rings. The van der Waals surface area contributed by atoms with E-state index in [0.29, 0.717) is 29.9 Å². The van der Waals surface area contributed by atoms with Gasteiger partial charge in [-0.3, -0.25) is 9.59 Å². The molecular weight excluding hydrogens is 383 g/mol. The normalized spacial score (nSPS) is 11.2.